The zero-order chi connectivity index (χ0) is 12.5. The first-order valence-electron chi connectivity index (χ1n) is 6.27. The van der Waals surface area contributed by atoms with E-state index in [9.17, 15) is 4.79 Å². The maximum atomic E-state index is 11.2. The molecule has 2 heteroatoms. The van der Waals surface area contributed by atoms with E-state index in [4.69, 9.17) is 4.74 Å². The molecule has 0 unspecified atom stereocenters. The second kappa shape index (κ2) is 4.61. The highest BCUT2D eigenvalue weighted by Gasteiger charge is 2.44. The van der Waals surface area contributed by atoms with Crippen LogP contribution in [0.5, 0.6) is 0 Å². The van der Waals surface area contributed by atoms with E-state index in [-0.39, 0.29) is 17.3 Å². The van der Waals surface area contributed by atoms with Crippen molar-refractivity contribution in [1.29, 1.82) is 0 Å². The van der Waals surface area contributed by atoms with Crippen LogP contribution in [-0.4, -0.2) is 18.5 Å². The Morgan fingerprint density at radius 2 is 1.88 bits per heavy atom. The predicted octanol–water partition coefficient (Wildman–Crippen LogP) is 3.35. The molecular formula is C15H20O2. The number of ether oxygens (including phenoxy) is 1. The van der Waals surface area contributed by atoms with Crippen molar-refractivity contribution in [1.82, 2.24) is 0 Å². The normalized spacial score (nSPS) is 17.2. The van der Waals surface area contributed by atoms with Crippen LogP contribution in [0.1, 0.15) is 49.5 Å². The van der Waals surface area contributed by atoms with E-state index in [2.05, 4.69) is 26.0 Å². The maximum Gasteiger partial charge on any atom is 0.159 e. The summed E-state index contributed by atoms with van der Waals surface area (Å²) in [4.78, 5) is 11.2. The van der Waals surface area contributed by atoms with E-state index < -0.39 is 0 Å². The first-order chi connectivity index (χ1) is 8.03. The number of hydrogen-bond acceptors (Lipinski definition) is 2. The molecule has 0 radical (unpaired) electrons. The monoisotopic (exact) mass is 232 g/mol. The average molecular weight is 232 g/mol. The molecule has 1 saturated carbocycles. The van der Waals surface area contributed by atoms with Crippen molar-refractivity contribution in [3.05, 3.63) is 35.4 Å². The third kappa shape index (κ3) is 2.75. The van der Waals surface area contributed by atoms with Crippen molar-refractivity contribution >= 4 is 5.78 Å². The number of carbonyl (C=O) groups is 1. The summed E-state index contributed by atoms with van der Waals surface area (Å²) in [6.07, 6.45) is 2.67. The van der Waals surface area contributed by atoms with Crippen LogP contribution in [0.2, 0.25) is 0 Å². The number of Topliss-reactive ketones (excluding diaryl/α,β-unsaturated/α-hetero) is 1. The van der Waals surface area contributed by atoms with E-state index in [1.54, 1.807) is 6.92 Å². The van der Waals surface area contributed by atoms with Crippen LogP contribution in [-0.2, 0) is 10.2 Å². The Labute approximate surface area is 103 Å². The number of carbonyl (C=O) groups excluding carboxylic acids is 1. The largest absolute Gasteiger partial charge is 0.378 e. The zero-order valence-corrected chi connectivity index (χ0v) is 10.8. The molecule has 1 fully saturated rings. The highest BCUT2D eigenvalue weighted by molar-refractivity contribution is 5.94. The van der Waals surface area contributed by atoms with Gasteiger partial charge >= 0.3 is 0 Å². The molecule has 0 aromatic heterocycles. The fourth-order valence-electron chi connectivity index (χ4n) is 2.05. The van der Waals surface area contributed by atoms with Crippen LogP contribution >= 0.6 is 0 Å². The molecule has 1 aliphatic carbocycles. The number of ketones is 1. The molecule has 0 amide bonds. The number of rotatable bonds is 5. The quantitative estimate of drug-likeness (QED) is 0.728. The Morgan fingerprint density at radius 1 is 1.29 bits per heavy atom. The van der Waals surface area contributed by atoms with Gasteiger partial charge < -0.3 is 4.74 Å². The Balaban J connectivity index is 2.09. The van der Waals surface area contributed by atoms with Gasteiger partial charge in [0, 0.05) is 11.0 Å². The molecule has 1 aromatic carbocycles. The fourth-order valence-corrected chi connectivity index (χ4v) is 2.05. The van der Waals surface area contributed by atoms with Crippen molar-refractivity contribution in [2.75, 3.05) is 6.61 Å². The minimum absolute atomic E-state index is 0.125. The summed E-state index contributed by atoms with van der Waals surface area (Å²) >= 11 is 0. The molecule has 0 spiro atoms. The summed E-state index contributed by atoms with van der Waals surface area (Å²) in [7, 11) is 0. The average Bonchev–Trinajstić information content (AvgIpc) is 3.08. The smallest absolute Gasteiger partial charge is 0.159 e. The second-order valence-electron chi connectivity index (χ2n) is 5.27. The molecule has 1 aromatic rings. The van der Waals surface area contributed by atoms with E-state index in [1.807, 2.05) is 12.1 Å². The van der Waals surface area contributed by atoms with Crippen LogP contribution in [0.25, 0.3) is 0 Å². The standard InChI is InChI=1S/C15H20O2/c1-11(2)17-10-15(8-9-15)14-6-4-13(5-7-14)12(3)16/h4-7,11H,8-10H2,1-3H3. The topological polar surface area (TPSA) is 26.3 Å². The molecule has 0 heterocycles. The first-order valence-corrected chi connectivity index (χ1v) is 6.27. The van der Waals surface area contributed by atoms with Crippen LogP contribution in [0.15, 0.2) is 24.3 Å². The highest BCUT2D eigenvalue weighted by atomic mass is 16.5. The summed E-state index contributed by atoms with van der Waals surface area (Å²) < 4.78 is 5.73. The molecule has 0 aliphatic heterocycles. The van der Waals surface area contributed by atoms with E-state index in [0.717, 1.165) is 12.2 Å². The Hall–Kier alpha value is -1.15. The Bertz CT molecular complexity index is 399. The van der Waals surface area contributed by atoms with Crippen LogP contribution in [0, 0.1) is 0 Å². The molecule has 17 heavy (non-hydrogen) atoms. The van der Waals surface area contributed by atoms with Crippen LogP contribution in [0.3, 0.4) is 0 Å². The zero-order valence-electron chi connectivity index (χ0n) is 10.8. The van der Waals surface area contributed by atoms with Gasteiger partial charge in [-0.05, 0) is 39.2 Å². The summed E-state index contributed by atoms with van der Waals surface area (Å²) in [5.41, 5.74) is 2.32. The van der Waals surface area contributed by atoms with Gasteiger partial charge in [0.25, 0.3) is 0 Å². The van der Waals surface area contributed by atoms with Gasteiger partial charge in [-0.3, -0.25) is 4.79 Å². The third-order valence-corrected chi connectivity index (χ3v) is 3.45. The van der Waals surface area contributed by atoms with Crippen molar-refractivity contribution in [2.24, 2.45) is 0 Å². The van der Waals surface area contributed by atoms with Gasteiger partial charge in [-0.1, -0.05) is 24.3 Å². The summed E-state index contributed by atoms with van der Waals surface area (Å²) in [5.74, 6) is 0.125. The lowest BCUT2D eigenvalue weighted by molar-refractivity contribution is 0.0619. The van der Waals surface area contributed by atoms with Gasteiger partial charge in [-0.2, -0.15) is 0 Å². The van der Waals surface area contributed by atoms with Gasteiger partial charge in [-0.25, -0.2) is 0 Å². The minimum atomic E-state index is 0.125. The van der Waals surface area contributed by atoms with E-state index in [1.165, 1.54) is 18.4 Å². The maximum absolute atomic E-state index is 11.2. The molecule has 0 bridgehead atoms. The van der Waals surface area contributed by atoms with Gasteiger partial charge in [0.2, 0.25) is 0 Å². The van der Waals surface area contributed by atoms with Gasteiger partial charge in [0.05, 0.1) is 12.7 Å². The molecule has 0 N–H and O–H groups in total. The van der Waals surface area contributed by atoms with Gasteiger partial charge in [-0.15, -0.1) is 0 Å². The van der Waals surface area contributed by atoms with Crippen molar-refractivity contribution in [3.63, 3.8) is 0 Å². The lowest BCUT2D eigenvalue weighted by Crippen LogP contribution is -2.18. The highest BCUT2D eigenvalue weighted by Crippen LogP contribution is 2.48. The van der Waals surface area contributed by atoms with Crippen LogP contribution in [0.4, 0.5) is 0 Å². The Morgan fingerprint density at radius 3 is 2.29 bits per heavy atom. The molecular weight excluding hydrogens is 212 g/mol. The fraction of sp³-hybridized carbons (Fsp3) is 0.533. The summed E-state index contributed by atoms with van der Waals surface area (Å²) in [6.45, 7) is 6.53. The van der Waals surface area contributed by atoms with E-state index >= 15 is 0 Å². The molecule has 92 valence electrons. The van der Waals surface area contributed by atoms with Gasteiger partial charge in [0.15, 0.2) is 5.78 Å². The summed E-state index contributed by atoms with van der Waals surface area (Å²) in [5, 5.41) is 0. The molecule has 2 rings (SSSR count). The van der Waals surface area contributed by atoms with Crippen molar-refractivity contribution in [2.45, 2.75) is 45.1 Å². The first kappa shape index (κ1) is 12.3. The summed E-state index contributed by atoms with van der Waals surface area (Å²) in [6, 6.07) is 8.00. The molecule has 0 atom stereocenters. The molecule has 1 aliphatic rings. The molecule has 2 nitrogen and oxygen atoms in total. The minimum Gasteiger partial charge on any atom is -0.378 e. The van der Waals surface area contributed by atoms with Gasteiger partial charge in [0.1, 0.15) is 0 Å². The number of hydrogen-bond donors (Lipinski definition) is 0. The predicted molar refractivity (Wildman–Crippen MR) is 68.4 cm³/mol. The van der Waals surface area contributed by atoms with Crippen LogP contribution < -0.4 is 0 Å². The lowest BCUT2D eigenvalue weighted by atomic mass is 9.95. The third-order valence-electron chi connectivity index (χ3n) is 3.45. The lowest BCUT2D eigenvalue weighted by Gasteiger charge is -2.18. The second-order valence-corrected chi connectivity index (χ2v) is 5.27. The van der Waals surface area contributed by atoms with Crippen molar-refractivity contribution < 1.29 is 9.53 Å². The Kier molecular flexibility index (Phi) is 3.34. The van der Waals surface area contributed by atoms with Crippen molar-refractivity contribution in [3.8, 4) is 0 Å². The molecule has 0 saturated heterocycles. The number of benzene rings is 1. The SMILES string of the molecule is CC(=O)c1ccc(C2(COC(C)C)CC2)cc1. The van der Waals surface area contributed by atoms with E-state index in [0.29, 0.717) is 0 Å².